The van der Waals surface area contributed by atoms with Gasteiger partial charge in [-0.05, 0) is 51.8 Å². The molecule has 1 aliphatic rings. The maximum atomic E-state index is 13.3. The molecule has 0 fully saturated rings. The predicted octanol–water partition coefficient (Wildman–Crippen LogP) is 4.70. The van der Waals surface area contributed by atoms with E-state index < -0.39 is 0 Å². The smallest absolute Gasteiger partial charge is 0.133 e. The van der Waals surface area contributed by atoms with Crippen molar-refractivity contribution in [1.82, 2.24) is 0 Å². The molecule has 1 N–H and O–H groups in total. The number of rotatable bonds is 1. The van der Waals surface area contributed by atoms with Gasteiger partial charge in [0.05, 0.1) is 12.2 Å². The Morgan fingerprint density at radius 3 is 2.68 bits per heavy atom. The third-order valence-corrected chi connectivity index (χ3v) is 4.29. The molecule has 2 nitrogen and oxygen atoms in total. The highest BCUT2D eigenvalue weighted by atomic mass is 79.9. The van der Waals surface area contributed by atoms with E-state index in [0.29, 0.717) is 17.9 Å². The molecule has 0 aromatic heterocycles. The zero-order valence-corrected chi connectivity index (χ0v) is 12.9. The Kier molecular flexibility index (Phi) is 3.19. The second-order valence-electron chi connectivity index (χ2n) is 4.33. The highest BCUT2D eigenvalue weighted by Crippen LogP contribution is 2.35. The van der Waals surface area contributed by atoms with Gasteiger partial charge < -0.3 is 4.90 Å². The maximum Gasteiger partial charge on any atom is 0.133 e. The fraction of sp³-hybridized carbons (Fsp3) is 0.0714. The van der Waals surface area contributed by atoms with Crippen LogP contribution in [-0.2, 0) is 6.54 Å². The van der Waals surface area contributed by atoms with Crippen molar-refractivity contribution in [2.24, 2.45) is 0 Å². The highest BCUT2D eigenvalue weighted by Gasteiger charge is 2.27. The van der Waals surface area contributed by atoms with Crippen LogP contribution >= 0.6 is 31.9 Å². The first-order chi connectivity index (χ1) is 9.06. The van der Waals surface area contributed by atoms with Crippen LogP contribution in [-0.4, -0.2) is 5.84 Å². The Morgan fingerprint density at radius 2 is 1.89 bits per heavy atom. The molecule has 0 aliphatic carbocycles. The molecule has 0 saturated heterocycles. The third kappa shape index (κ3) is 2.21. The lowest BCUT2D eigenvalue weighted by Gasteiger charge is -2.19. The molecule has 1 aliphatic heterocycles. The molecule has 0 amide bonds. The zero-order valence-electron chi connectivity index (χ0n) is 9.75. The van der Waals surface area contributed by atoms with Gasteiger partial charge in [-0.15, -0.1) is 0 Å². The molecule has 5 heteroatoms. The first-order valence-corrected chi connectivity index (χ1v) is 7.25. The molecular weight excluding hydrogens is 375 g/mol. The Hall–Kier alpha value is -1.20. The number of amidine groups is 1. The minimum Gasteiger partial charge on any atom is -0.321 e. The van der Waals surface area contributed by atoms with Crippen LogP contribution in [0.3, 0.4) is 0 Å². The molecule has 2 aromatic carbocycles. The van der Waals surface area contributed by atoms with Gasteiger partial charge in [0.25, 0.3) is 0 Å². The first-order valence-electron chi connectivity index (χ1n) is 5.66. The largest absolute Gasteiger partial charge is 0.321 e. The van der Waals surface area contributed by atoms with E-state index in [4.69, 9.17) is 5.41 Å². The van der Waals surface area contributed by atoms with Gasteiger partial charge in [-0.25, -0.2) is 4.39 Å². The lowest BCUT2D eigenvalue weighted by molar-refractivity contribution is 0.627. The molecule has 0 bridgehead atoms. The average molecular weight is 384 g/mol. The monoisotopic (exact) mass is 382 g/mol. The quantitative estimate of drug-likeness (QED) is 0.759. The van der Waals surface area contributed by atoms with Crippen LogP contribution in [0.15, 0.2) is 45.3 Å². The van der Waals surface area contributed by atoms with Crippen LogP contribution in [0.1, 0.15) is 11.1 Å². The molecule has 3 rings (SSSR count). The van der Waals surface area contributed by atoms with Crippen molar-refractivity contribution < 1.29 is 4.39 Å². The number of hydrogen-bond donors (Lipinski definition) is 1. The number of halogens is 3. The molecule has 19 heavy (non-hydrogen) atoms. The summed E-state index contributed by atoms with van der Waals surface area (Å²) in [5.41, 5.74) is 2.53. The van der Waals surface area contributed by atoms with Gasteiger partial charge in [-0.2, -0.15) is 0 Å². The molecule has 2 aromatic rings. The molecule has 1 heterocycles. The van der Waals surface area contributed by atoms with Crippen LogP contribution in [0.25, 0.3) is 0 Å². The molecule has 0 radical (unpaired) electrons. The topological polar surface area (TPSA) is 27.1 Å². The van der Waals surface area contributed by atoms with E-state index in [1.165, 1.54) is 12.1 Å². The van der Waals surface area contributed by atoms with Crippen molar-refractivity contribution in [1.29, 1.82) is 5.41 Å². The van der Waals surface area contributed by atoms with E-state index in [9.17, 15) is 4.39 Å². The Bertz CT molecular complexity index is 685. The van der Waals surface area contributed by atoms with Gasteiger partial charge in [-0.3, -0.25) is 5.41 Å². The lowest BCUT2D eigenvalue weighted by atomic mass is 10.1. The second-order valence-corrected chi connectivity index (χ2v) is 6.10. The standard InChI is InChI=1S/C14H9Br2FN2/c15-9-2-4-12(16)13(5-9)19-7-8-1-3-10(17)6-11(8)14(19)18/h1-6,18H,7H2. The predicted molar refractivity (Wildman–Crippen MR) is 81.3 cm³/mol. The summed E-state index contributed by atoms with van der Waals surface area (Å²) in [6, 6.07) is 10.4. The summed E-state index contributed by atoms with van der Waals surface area (Å²) in [5.74, 6) is 0.0203. The zero-order chi connectivity index (χ0) is 13.6. The van der Waals surface area contributed by atoms with Gasteiger partial charge in [0.15, 0.2) is 0 Å². The Labute approximate surface area is 127 Å². The van der Waals surface area contributed by atoms with Crippen LogP contribution in [0.2, 0.25) is 0 Å². The van der Waals surface area contributed by atoms with Gasteiger partial charge in [0, 0.05) is 14.5 Å². The molecule has 0 saturated carbocycles. The van der Waals surface area contributed by atoms with E-state index in [1.54, 1.807) is 6.07 Å². The average Bonchev–Trinajstić information content (AvgIpc) is 2.70. The summed E-state index contributed by atoms with van der Waals surface area (Å²) >= 11 is 6.93. The van der Waals surface area contributed by atoms with E-state index >= 15 is 0 Å². The molecule has 0 unspecified atom stereocenters. The van der Waals surface area contributed by atoms with Crippen LogP contribution in [0.5, 0.6) is 0 Å². The molecule has 0 spiro atoms. The minimum absolute atomic E-state index is 0.307. The lowest BCUT2D eigenvalue weighted by Crippen LogP contribution is -2.23. The normalized spacial score (nSPS) is 13.8. The summed E-state index contributed by atoms with van der Waals surface area (Å²) < 4.78 is 15.1. The van der Waals surface area contributed by atoms with Crippen LogP contribution < -0.4 is 4.90 Å². The van der Waals surface area contributed by atoms with Gasteiger partial charge in [-0.1, -0.05) is 22.0 Å². The van der Waals surface area contributed by atoms with Gasteiger partial charge in [0.2, 0.25) is 0 Å². The second kappa shape index (κ2) is 4.72. The van der Waals surface area contributed by atoms with Gasteiger partial charge in [0.1, 0.15) is 11.7 Å². The van der Waals surface area contributed by atoms with E-state index in [0.717, 1.165) is 20.2 Å². The molecule has 0 atom stereocenters. The SMILES string of the molecule is N=C1c2cc(F)ccc2CN1c1cc(Br)ccc1Br. The molecular formula is C14H9Br2FN2. The van der Waals surface area contributed by atoms with E-state index in [1.807, 2.05) is 23.1 Å². The molecule has 96 valence electrons. The summed E-state index contributed by atoms with van der Waals surface area (Å²) in [5, 5.41) is 8.21. The summed E-state index contributed by atoms with van der Waals surface area (Å²) in [7, 11) is 0. The van der Waals surface area contributed by atoms with Crippen molar-refractivity contribution in [2.75, 3.05) is 4.90 Å². The van der Waals surface area contributed by atoms with Crippen molar-refractivity contribution in [2.45, 2.75) is 6.54 Å². The minimum atomic E-state index is -0.307. The summed E-state index contributed by atoms with van der Waals surface area (Å²) in [6.07, 6.45) is 0. The summed E-state index contributed by atoms with van der Waals surface area (Å²) in [4.78, 5) is 1.86. The third-order valence-electron chi connectivity index (χ3n) is 3.12. The Morgan fingerprint density at radius 1 is 1.11 bits per heavy atom. The fourth-order valence-corrected chi connectivity index (χ4v) is 3.01. The number of nitrogens with one attached hydrogen (secondary N) is 1. The van der Waals surface area contributed by atoms with Crippen LogP contribution in [0, 0.1) is 11.2 Å². The number of fused-ring (bicyclic) bond motifs is 1. The van der Waals surface area contributed by atoms with Crippen LogP contribution in [0.4, 0.5) is 10.1 Å². The highest BCUT2D eigenvalue weighted by molar-refractivity contribution is 9.11. The van der Waals surface area contributed by atoms with Crippen molar-refractivity contribution in [3.05, 3.63) is 62.3 Å². The number of anilines is 1. The van der Waals surface area contributed by atoms with Crippen molar-refractivity contribution in [3.63, 3.8) is 0 Å². The Balaban J connectivity index is 2.06. The number of nitrogens with zero attached hydrogens (tertiary/aromatic N) is 1. The number of benzene rings is 2. The maximum absolute atomic E-state index is 13.3. The van der Waals surface area contributed by atoms with E-state index in [2.05, 4.69) is 31.9 Å². The van der Waals surface area contributed by atoms with Crippen molar-refractivity contribution >= 4 is 43.4 Å². The van der Waals surface area contributed by atoms with Crippen molar-refractivity contribution in [3.8, 4) is 0 Å². The number of hydrogen-bond acceptors (Lipinski definition) is 1. The van der Waals surface area contributed by atoms with E-state index in [-0.39, 0.29) is 5.82 Å². The van der Waals surface area contributed by atoms with Gasteiger partial charge >= 0.3 is 0 Å². The fourth-order valence-electron chi connectivity index (χ4n) is 2.20. The first kappa shape index (κ1) is 12.8. The summed E-state index contributed by atoms with van der Waals surface area (Å²) in [6.45, 7) is 0.587.